The van der Waals surface area contributed by atoms with E-state index in [4.69, 9.17) is 17.4 Å². The third-order valence-corrected chi connectivity index (χ3v) is 2.91. The van der Waals surface area contributed by atoms with Crippen LogP contribution in [-0.4, -0.2) is 18.0 Å². The van der Waals surface area contributed by atoms with Crippen molar-refractivity contribution in [2.45, 2.75) is 26.2 Å². The van der Waals surface area contributed by atoms with Crippen LogP contribution in [0.5, 0.6) is 0 Å². The third kappa shape index (κ3) is 3.98. The molecule has 0 saturated heterocycles. The Hall–Kier alpha value is -1.13. The number of benzene rings is 1. The minimum absolute atomic E-state index is 0.145. The SMILES string of the molecule is Cc1cc(Cl)c(CCCC(=O)N(C)N)cc1F. The minimum Gasteiger partial charge on any atom is -0.284 e. The number of hydrazine groups is 1. The lowest BCUT2D eigenvalue weighted by molar-refractivity contribution is -0.130. The van der Waals surface area contributed by atoms with Crippen molar-refractivity contribution in [3.05, 3.63) is 34.1 Å². The first-order chi connectivity index (χ1) is 7.91. The van der Waals surface area contributed by atoms with Crippen molar-refractivity contribution in [3.63, 3.8) is 0 Å². The zero-order valence-electron chi connectivity index (χ0n) is 9.96. The molecule has 17 heavy (non-hydrogen) atoms. The van der Waals surface area contributed by atoms with E-state index in [1.807, 2.05) is 0 Å². The van der Waals surface area contributed by atoms with Gasteiger partial charge in [-0.2, -0.15) is 0 Å². The quantitative estimate of drug-likeness (QED) is 0.512. The summed E-state index contributed by atoms with van der Waals surface area (Å²) >= 11 is 5.99. The molecule has 0 aliphatic heterocycles. The molecule has 94 valence electrons. The molecule has 5 heteroatoms. The van der Waals surface area contributed by atoms with E-state index in [1.54, 1.807) is 13.0 Å². The minimum atomic E-state index is -0.272. The number of hydrogen-bond acceptors (Lipinski definition) is 2. The maximum absolute atomic E-state index is 13.3. The number of rotatable bonds is 4. The van der Waals surface area contributed by atoms with Crippen LogP contribution in [-0.2, 0) is 11.2 Å². The summed E-state index contributed by atoms with van der Waals surface area (Å²) < 4.78 is 13.3. The summed E-state index contributed by atoms with van der Waals surface area (Å²) in [6, 6.07) is 3.03. The number of carbonyl (C=O) groups is 1. The lowest BCUT2D eigenvalue weighted by Crippen LogP contribution is -2.32. The van der Waals surface area contributed by atoms with Gasteiger partial charge in [-0.25, -0.2) is 10.2 Å². The molecule has 0 fully saturated rings. The smallest absolute Gasteiger partial charge is 0.236 e. The molecule has 0 radical (unpaired) electrons. The Kier molecular flexibility index (Phi) is 4.90. The Balaban J connectivity index is 2.58. The van der Waals surface area contributed by atoms with Gasteiger partial charge in [-0.05, 0) is 43.0 Å². The second kappa shape index (κ2) is 5.98. The molecule has 0 aromatic heterocycles. The molecule has 1 rings (SSSR count). The van der Waals surface area contributed by atoms with Crippen molar-refractivity contribution < 1.29 is 9.18 Å². The van der Waals surface area contributed by atoms with Gasteiger partial charge < -0.3 is 0 Å². The summed E-state index contributed by atoms with van der Waals surface area (Å²) in [5.41, 5.74) is 1.25. The molecule has 0 bridgehead atoms. The van der Waals surface area contributed by atoms with Crippen molar-refractivity contribution in [1.82, 2.24) is 5.01 Å². The summed E-state index contributed by atoms with van der Waals surface area (Å²) in [6.07, 6.45) is 1.50. The first kappa shape index (κ1) is 13.9. The number of nitrogens with zero attached hydrogens (tertiary/aromatic N) is 1. The zero-order valence-corrected chi connectivity index (χ0v) is 10.7. The van der Waals surface area contributed by atoms with Gasteiger partial charge in [-0.3, -0.25) is 9.80 Å². The molecule has 0 unspecified atom stereocenters. The predicted molar refractivity (Wildman–Crippen MR) is 66.0 cm³/mol. The van der Waals surface area contributed by atoms with Crippen LogP contribution in [0.15, 0.2) is 12.1 Å². The molecule has 1 aromatic rings. The molecular weight excluding hydrogens is 243 g/mol. The lowest BCUT2D eigenvalue weighted by atomic mass is 10.1. The van der Waals surface area contributed by atoms with E-state index in [0.717, 1.165) is 10.6 Å². The molecule has 3 nitrogen and oxygen atoms in total. The van der Waals surface area contributed by atoms with Crippen LogP contribution in [0.2, 0.25) is 5.02 Å². The van der Waals surface area contributed by atoms with Crippen molar-refractivity contribution in [1.29, 1.82) is 0 Å². The van der Waals surface area contributed by atoms with Crippen LogP contribution in [0.4, 0.5) is 4.39 Å². The number of nitrogens with two attached hydrogens (primary N) is 1. The number of halogens is 2. The Morgan fingerprint density at radius 1 is 1.53 bits per heavy atom. The highest BCUT2D eigenvalue weighted by Crippen LogP contribution is 2.22. The number of carbonyl (C=O) groups excluding carboxylic acids is 1. The Morgan fingerprint density at radius 3 is 2.76 bits per heavy atom. The number of hydrogen-bond donors (Lipinski definition) is 1. The standard InChI is InChI=1S/C12H16ClFN2O/c1-8-6-10(13)9(7-11(8)14)4-3-5-12(17)16(2)15/h6-7H,3-5,15H2,1-2H3. The van der Waals surface area contributed by atoms with Crippen molar-refractivity contribution in [3.8, 4) is 0 Å². The third-order valence-electron chi connectivity index (χ3n) is 2.56. The topological polar surface area (TPSA) is 46.3 Å². The fraction of sp³-hybridized carbons (Fsp3) is 0.417. The molecule has 0 heterocycles. The lowest BCUT2D eigenvalue weighted by Gasteiger charge is -2.10. The Bertz CT molecular complexity index is 421. The summed E-state index contributed by atoms with van der Waals surface area (Å²) in [4.78, 5) is 11.2. The zero-order chi connectivity index (χ0) is 13.0. The van der Waals surface area contributed by atoms with E-state index in [-0.39, 0.29) is 11.7 Å². The number of aryl methyl sites for hydroxylation is 2. The summed E-state index contributed by atoms with van der Waals surface area (Å²) in [7, 11) is 1.50. The van der Waals surface area contributed by atoms with Crippen LogP contribution in [0.25, 0.3) is 0 Å². The average Bonchev–Trinajstić information content (AvgIpc) is 2.25. The first-order valence-corrected chi connectivity index (χ1v) is 5.75. The van der Waals surface area contributed by atoms with Crippen molar-refractivity contribution in [2.24, 2.45) is 5.84 Å². The average molecular weight is 259 g/mol. The largest absolute Gasteiger partial charge is 0.284 e. The number of amides is 1. The van der Waals surface area contributed by atoms with E-state index >= 15 is 0 Å². The Labute approximate surface area is 105 Å². The van der Waals surface area contributed by atoms with Gasteiger partial charge >= 0.3 is 0 Å². The highest BCUT2D eigenvalue weighted by Gasteiger charge is 2.08. The van der Waals surface area contributed by atoms with Crippen molar-refractivity contribution >= 4 is 17.5 Å². The van der Waals surface area contributed by atoms with Crippen LogP contribution in [0.1, 0.15) is 24.0 Å². The molecule has 1 aromatic carbocycles. The van der Waals surface area contributed by atoms with Gasteiger partial charge in [0.25, 0.3) is 0 Å². The van der Waals surface area contributed by atoms with Crippen LogP contribution < -0.4 is 5.84 Å². The second-order valence-corrected chi connectivity index (χ2v) is 4.46. The first-order valence-electron chi connectivity index (χ1n) is 5.37. The normalized spacial score (nSPS) is 10.4. The molecule has 0 atom stereocenters. The van der Waals surface area contributed by atoms with Crippen LogP contribution in [0.3, 0.4) is 0 Å². The molecule has 0 aliphatic carbocycles. The maximum Gasteiger partial charge on any atom is 0.236 e. The molecule has 1 amide bonds. The van der Waals surface area contributed by atoms with E-state index in [0.29, 0.717) is 29.8 Å². The predicted octanol–water partition coefficient (Wildman–Crippen LogP) is 2.44. The van der Waals surface area contributed by atoms with Gasteiger partial charge in [0.15, 0.2) is 0 Å². The summed E-state index contributed by atoms with van der Waals surface area (Å²) in [6.45, 7) is 1.66. The highest BCUT2D eigenvalue weighted by molar-refractivity contribution is 6.31. The van der Waals surface area contributed by atoms with Gasteiger partial charge in [0.2, 0.25) is 5.91 Å². The molecular formula is C12H16ClFN2O. The van der Waals surface area contributed by atoms with Gasteiger partial charge in [0, 0.05) is 18.5 Å². The molecule has 2 N–H and O–H groups in total. The van der Waals surface area contributed by atoms with Crippen molar-refractivity contribution in [2.75, 3.05) is 7.05 Å². The maximum atomic E-state index is 13.3. The summed E-state index contributed by atoms with van der Waals surface area (Å²) in [5.74, 6) is 4.87. The van der Waals surface area contributed by atoms with Gasteiger partial charge in [-0.15, -0.1) is 0 Å². The summed E-state index contributed by atoms with van der Waals surface area (Å²) in [5, 5.41) is 1.59. The van der Waals surface area contributed by atoms with E-state index in [1.165, 1.54) is 13.1 Å². The molecule has 0 aliphatic rings. The van der Waals surface area contributed by atoms with E-state index in [2.05, 4.69) is 0 Å². The monoisotopic (exact) mass is 258 g/mol. The van der Waals surface area contributed by atoms with Gasteiger partial charge in [-0.1, -0.05) is 11.6 Å². The fourth-order valence-electron chi connectivity index (χ4n) is 1.49. The fourth-order valence-corrected chi connectivity index (χ4v) is 1.80. The second-order valence-electron chi connectivity index (χ2n) is 4.05. The highest BCUT2D eigenvalue weighted by atomic mass is 35.5. The van der Waals surface area contributed by atoms with Gasteiger partial charge in [0.05, 0.1) is 0 Å². The van der Waals surface area contributed by atoms with Crippen LogP contribution >= 0.6 is 11.6 Å². The van der Waals surface area contributed by atoms with Crippen LogP contribution in [0, 0.1) is 12.7 Å². The molecule has 0 saturated carbocycles. The van der Waals surface area contributed by atoms with E-state index < -0.39 is 0 Å². The molecule has 0 spiro atoms. The van der Waals surface area contributed by atoms with E-state index in [9.17, 15) is 9.18 Å². The van der Waals surface area contributed by atoms with Gasteiger partial charge in [0.1, 0.15) is 5.82 Å². The Morgan fingerprint density at radius 2 is 2.18 bits per heavy atom.